The van der Waals surface area contributed by atoms with Gasteiger partial charge in [0, 0.05) is 17.1 Å². The van der Waals surface area contributed by atoms with Crippen LogP contribution in [0.1, 0.15) is 11.5 Å². The van der Waals surface area contributed by atoms with Crippen LogP contribution in [0.4, 0.5) is 0 Å². The number of aliphatic carboxylic acids is 1. The minimum Gasteiger partial charge on any atom is -0.493 e. The summed E-state index contributed by atoms with van der Waals surface area (Å²) in [5.41, 5.74) is 5.79. The van der Waals surface area contributed by atoms with Crippen LogP contribution in [0.5, 0.6) is 11.5 Å². The van der Waals surface area contributed by atoms with Crippen LogP contribution in [0.25, 0.3) is 0 Å². The molecule has 1 atom stereocenters. The predicted molar refractivity (Wildman–Crippen MR) is 64.0 cm³/mol. The molecule has 6 heteroatoms. The van der Waals surface area contributed by atoms with E-state index in [2.05, 4.69) is 0 Å². The molecule has 0 heterocycles. The summed E-state index contributed by atoms with van der Waals surface area (Å²) in [6.07, 6.45) is 0. The van der Waals surface area contributed by atoms with Crippen molar-refractivity contribution in [3.8, 4) is 11.5 Å². The van der Waals surface area contributed by atoms with Crippen molar-refractivity contribution in [3.05, 3.63) is 22.7 Å². The first-order valence-corrected chi connectivity index (χ1v) is 5.27. The van der Waals surface area contributed by atoms with Gasteiger partial charge in [-0.15, -0.1) is 0 Å². The van der Waals surface area contributed by atoms with Crippen molar-refractivity contribution in [2.75, 3.05) is 20.8 Å². The van der Waals surface area contributed by atoms with Crippen molar-refractivity contribution >= 4 is 17.6 Å². The van der Waals surface area contributed by atoms with Crippen molar-refractivity contribution in [1.29, 1.82) is 0 Å². The zero-order valence-electron chi connectivity index (χ0n) is 9.57. The van der Waals surface area contributed by atoms with E-state index in [-0.39, 0.29) is 6.54 Å². The van der Waals surface area contributed by atoms with Crippen LogP contribution in [0, 0.1) is 0 Å². The van der Waals surface area contributed by atoms with E-state index in [0.717, 1.165) is 0 Å². The average Bonchev–Trinajstić information content (AvgIpc) is 2.31. The molecule has 0 saturated carbocycles. The monoisotopic (exact) mass is 259 g/mol. The Kier molecular flexibility index (Phi) is 4.60. The zero-order chi connectivity index (χ0) is 13.0. The highest BCUT2D eigenvalue weighted by molar-refractivity contribution is 6.32. The molecule has 17 heavy (non-hydrogen) atoms. The van der Waals surface area contributed by atoms with Crippen molar-refractivity contribution < 1.29 is 19.4 Å². The third kappa shape index (κ3) is 2.62. The fraction of sp³-hybridized carbons (Fsp3) is 0.364. The van der Waals surface area contributed by atoms with Gasteiger partial charge in [0.1, 0.15) is 0 Å². The normalized spacial score (nSPS) is 12.0. The molecule has 0 radical (unpaired) electrons. The van der Waals surface area contributed by atoms with Gasteiger partial charge < -0.3 is 20.3 Å². The molecule has 3 N–H and O–H groups in total. The maximum Gasteiger partial charge on any atom is 0.312 e. The number of hydrogen-bond acceptors (Lipinski definition) is 4. The predicted octanol–water partition coefficient (Wildman–Crippen LogP) is 1.48. The highest BCUT2D eigenvalue weighted by atomic mass is 35.5. The van der Waals surface area contributed by atoms with Crippen LogP contribution < -0.4 is 15.2 Å². The Balaban J connectivity index is 3.42. The van der Waals surface area contributed by atoms with Crippen molar-refractivity contribution in [3.63, 3.8) is 0 Å². The second-order valence-corrected chi connectivity index (χ2v) is 3.73. The fourth-order valence-corrected chi connectivity index (χ4v) is 1.87. The van der Waals surface area contributed by atoms with Crippen LogP contribution >= 0.6 is 11.6 Å². The molecule has 94 valence electrons. The summed E-state index contributed by atoms with van der Waals surface area (Å²) >= 11 is 6.00. The summed E-state index contributed by atoms with van der Waals surface area (Å²) in [6.45, 7) is -0.0709. The quantitative estimate of drug-likeness (QED) is 0.837. The molecule has 5 nitrogen and oxygen atoms in total. The number of carboxylic acid groups (broad SMARTS) is 1. The lowest BCUT2D eigenvalue weighted by atomic mass is 9.97. The van der Waals surface area contributed by atoms with Crippen molar-refractivity contribution in [1.82, 2.24) is 0 Å². The number of nitrogens with two attached hydrogens (primary N) is 1. The molecule has 1 aromatic carbocycles. The van der Waals surface area contributed by atoms with E-state index in [4.69, 9.17) is 31.9 Å². The van der Waals surface area contributed by atoms with E-state index in [1.165, 1.54) is 14.2 Å². The first-order chi connectivity index (χ1) is 8.06. The number of halogens is 1. The Morgan fingerprint density at radius 3 is 2.53 bits per heavy atom. The Bertz CT molecular complexity index is 422. The van der Waals surface area contributed by atoms with Crippen LogP contribution in [0.3, 0.4) is 0 Å². The first kappa shape index (κ1) is 13.6. The van der Waals surface area contributed by atoms with Crippen LogP contribution in [0.2, 0.25) is 5.02 Å². The summed E-state index contributed by atoms with van der Waals surface area (Å²) in [5, 5.41) is 9.39. The van der Waals surface area contributed by atoms with Gasteiger partial charge >= 0.3 is 5.97 Å². The van der Waals surface area contributed by atoms with Gasteiger partial charge in [-0.05, 0) is 12.1 Å². The second-order valence-electron chi connectivity index (χ2n) is 3.32. The van der Waals surface area contributed by atoms with E-state index in [1.54, 1.807) is 12.1 Å². The summed E-state index contributed by atoms with van der Waals surface area (Å²) in [7, 11) is 2.89. The zero-order valence-corrected chi connectivity index (χ0v) is 10.3. The number of methoxy groups -OCH3 is 2. The molecular formula is C11H14ClNO4. The van der Waals surface area contributed by atoms with Crippen molar-refractivity contribution in [2.45, 2.75) is 5.92 Å². The van der Waals surface area contributed by atoms with Gasteiger partial charge in [0.05, 0.1) is 20.1 Å². The molecule has 0 saturated heterocycles. The molecule has 1 aromatic rings. The topological polar surface area (TPSA) is 81.8 Å². The molecule has 0 fully saturated rings. The Morgan fingerprint density at radius 1 is 1.47 bits per heavy atom. The minimum atomic E-state index is -1.05. The number of benzene rings is 1. The molecule has 1 rings (SSSR count). The molecule has 0 aliphatic rings. The molecule has 0 amide bonds. The lowest BCUT2D eigenvalue weighted by Gasteiger charge is -2.18. The summed E-state index contributed by atoms with van der Waals surface area (Å²) in [5.74, 6) is -1.25. The van der Waals surface area contributed by atoms with Crippen LogP contribution in [-0.2, 0) is 4.79 Å². The van der Waals surface area contributed by atoms with Gasteiger partial charge in [0.2, 0.25) is 0 Å². The second kappa shape index (κ2) is 5.75. The lowest BCUT2D eigenvalue weighted by Crippen LogP contribution is -2.22. The van der Waals surface area contributed by atoms with Crippen LogP contribution in [-0.4, -0.2) is 31.8 Å². The number of carboxylic acids is 1. The maximum absolute atomic E-state index is 11.1. The number of hydrogen-bond donors (Lipinski definition) is 2. The molecule has 0 bridgehead atoms. The first-order valence-electron chi connectivity index (χ1n) is 4.90. The molecule has 0 spiro atoms. The summed E-state index contributed by atoms with van der Waals surface area (Å²) < 4.78 is 10.2. The highest BCUT2D eigenvalue weighted by Crippen LogP contribution is 2.40. The third-order valence-corrected chi connectivity index (χ3v) is 2.74. The van der Waals surface area contributed by atoms with E-state index in [9.17, 15) is 4.79 Å². The minimum absolute atomic E-state index is 0.0709. The number of ether oxygens (including phenoxy) is 2. The molecular weight excluding hydrogens is 246 g/mol. The molecule has 0 aliphatic heterocycles. The Labute approximate surface area is 104 Å². The summed E-state index contributed by atoms with van der Waals surface area (Å²) in [4.78, 5) is 11.1. The largest absolute Gasteiger partial charge is 0.493 e. The van der Waals surface area contributed by atoms with Gasteiger partial charge in [-0.25, -0.2) is 0 Å². The molecule has 1 unspecified atom stereocenters. The van der Waals surface area contributed by atoms with Gasteiger partial charge in [-0.2, -0.15) is 0 Å². The number of carbonyl (C=O) groups is 1. The maximum atomic E-state index is 11.1. The van der Waals surface area contributed by atoms with Gasteiger partial charge in [0.25, 0.3) is 0 Å². The van der Waals surface area contributed by atoms with Gasteiger partial charge in [0.15, 0.2) is 11.5 Å². The van der Waals surface area contributed by atoms with Crippen LogP contribution in [0.15, 0.2) is 12.1 Å². The summed E-state index contributed by atoms with van der Waals surface area (Å²) in [6, 6.07) is 3.17. The SMILES string of the molecule is COc1ccc(Cl)c(C(CN)C(=O)O)c1OC. The van der Waals surface area contributed by atoms with Gasteiger partial charge in [-0.1, -0.05) is 11.6 Å². The average molecular weight is 260 g/mol. The number of rotatable bonds is 5. The standard InChI is InChI=1S/C11H14ClNO4/c1-16-8-4-3-7(12)9(10(8)17-2)6(5-13)11(14)15/h3-4,6H,5,13H2,1-2H3,(H,14,15). The molecule has 0 aliphatic carbocycles. The highest BCUT2D eigenvalue weighted by Gasteiger charge is 2.27. The Morgan fingerprint density at radius 2 is 2.12 bits per heavy atom. The van der Waals surface area contributed by atoms with E-state index < -0.39 is 11.9 Å². The van der Waals surface area contributed by atoms with Gasteiger partial charge in [-0.3, -0.25) is 4.79 Å². The van der Waals surface area contributed by atoms with E-state index >= 15 is 0 Å². The van der Waals surface area contributed by atoms with E-state index in [0.29, 0.717) is 22.1 Å². The smallest absolute Gasteiger partial charge is 0.312 e. The van der Waals surface area contributed by atoms with E-state index in [1.807, 2.05) is 0 Å². The third-order valence-electron chi connectivity index (χ3n) is 2.41. The molecule has 0 aromatic heterocycles. The van der Waals surface area contributed by atoms with Crippen molar-refractivity contribution in [2.24, 2.45) is 5.73 Å². The Hall–Kier alpha value is -1.46. The fourth-order valence-electron chi connectivity index (χ4n) is 1.59. The lowest BCUT2D eigenvalue weighted by molar-refractivity contribution is -0.138.